The lowest BCUT2D eigenvalue weighted by Crippen LogP contribution is -2.25. The summed E-state index contributed by atoms with van der Waals surface area (Å²) in [6.07, 6.45) is -3.73. The van der Waals surface area contributed by atoms with Crippen molar-refractivity contribution < 1.29 is 32.3 Å². The van der Waals surface area contributed by atoms with Gasteiger partial charge in [0.1, 0.15) is 12.4 Å². The van der Waals surface area contributed by atoms with Crippen LogP contribution in [0.15, 0.2) is 53.1 Å². The average Bonchev–Trinajstić information content (AvgIpc) is 3.15. The van der Waals surface area contributed by atoms with Gasteiger partial charge in [-0.15, -0.1) is 0 Å². The third-order valence-corrected chi connectivity index (χ3v) is 3.89. The number of rotatable bonds is 6. The fourth-order valence-corrected chi connectivity index (χ4v) is 2.53. The molecule has 8 nitrogen and oxygen atoms in total. The average molecular weight is 420 g/mol. The Bertz CT molecular complexity index is 1050. The quantitative estimate of drug-likeness (QED) is 0.628. The Labute approximate surface area is 168 Å². The summed E-state index contributed by atoms with van der Waals surface area (Å²) < 4.78 is 44.9. The highest BCUT2D eigenvalue weighted by Gasteiger charge is 2.42. The van der Waals surface area contributed by atoms with Gasteiger partial charge in [-0.25, -0.2) is 9.97 Å². The van der Waals surface area contributed by atoms with Crippen LogP contribution in [0.2, 0.25) is 0 Å². The van der Waals surface area contributed by atoms with Crippen molar-refractivity contribution >= 4 is 23.4 Å². The zero-order chi connectivity index (χ0) is 21.9. The van der Waals surface area contributed by atoms with Crippen LogP contribution >= 0.6 is 0 Å². The van der Waals surface area contributed by atoms with Gasteiger partial charge in [0.05, 0.1) is 11.9 Å². The van der Waals surface area contributed by atoms with E-state index in [9.17, 15) is 22.8 Å². The number of halogens is 3. The van der Waals surface area contributed by atoms with Gasteiger partial charge in [-0.3, -0.25) is 9.59 Å². The van der Waals surface area contributed by atoms with Crippen molar-refractivity contribution in [2.75, 3.05) is 23.8 Å². The molecule has 3 rings (SSSR count). The maximum Gasteiger partial charge on any atom is 0.452 e. The minimum absolute atomic E-state index is 0.102. The predicted molar refractivity (Wildman–Crippen MR) is 100 cm³/mol. The number of nitrogens with one attached hydrogen (secondary N) is 1. The number of hydrogen-bond acceptors (Lipinski definition) is 6. The second-order valence-corrected chi connectivity index (χ2v) is 6.17. The number of nitrogens with zero attached hydrogens (tertiary/aromatic N) is 3. The number of aromatic nitrogens is 2. The lowest BCUT2D eigenvalue weighted by Gasteiger charge is -2.15. The second-order valence-electron chi connectivity index (χ2n) is 6.17. The molecule has 0 bridgehead atoms. The molecule has 30 heavy (non-hydrogen) atoms. The zero-order valence-electron chi connectivity index (χ0n) is 15.5. The highest BCUT2D eigenvalue weighted by atomic mass is 19.4. The molecule has 0 unspecified atom stereocenters. The number of aliphatic carboxylic acids is 1. The fraction of sp³-hybridized carbons (Fsp3) is 0.158. The molecule has 2 aromatic heterocycles. The molecule has 156 valence electrons. The summed E-state index contributed by atoms with van der Waals surface area (Å²) >= 11 is 0. The molecule has 2 N–H and O–H groups in total. The van der Waals surface area contributed by atoms with Crippen molar-refractivity contribution in [2.24, 2.45) is 0 Å². The Morgan fingerprint density at radius 1 is 1.17 bits per heavy atom. The molecule has 0 aliphatic rings. The van der Waals surface area contributed by atoms with E-state index >= 15 is 0 Å². The first-order chi connectivity index (χ1) is 14.1. The van der Waals surface area contributed by atoms with E-state index in [2.05, 4.69) is 15.3 Å². The van der Waals surface area contributed by atoms with Gasteiger partial charge in [0.15, 0.2) is 5.69 Å². The number of pyridine rings is 1. The van der Waals surface area contributed by atoms with E-state index in [-0.39, 0.29) is 23.7 Å². The van der Waals surface area contributed by atoms with E-state index in [0.717, 1.165) is 0 Å². The van der Waals surface area contributed by atoms with E-state index in [0.29, 0.717) is 5.82 Å². The SMILES string of the molecule is CN(CC(=O)O)c1ccc(NC(=O)c2nc(-c3ccccc3)oc2C(F)(F)F)cn1. The van der Waals surface area contributed by atoms with Gasteiger partial charge in [-0.05, 0) is 24.3 Å². The van der Waals surface area contributed by atoms with Crippen LogP contribution in [-0.2, 0) is 11.0 Å². The van der Waals surface area contributed by atoms with Crippen LogP contribution in [0.25, 0.3) is 11.5 Å². The largest absolute Gasteiger partial charge is 0.480 e. The molecule has 0 radical (unpaired) electrons. The van der Waals surface area contributed by atoms with Crippen molar-refractivity contribution in [1.29, 1.82) is 0 Å². The number of carbonyl (C=O) groups excluding carboxylic acids is 1. The van der Waals surface area contributed by atoms with Crippen molar-refractivity contribution in [1.82, 2.24) is 9.97 Å². The number of benzene rings is 1. The standard InChI is InChI=1S/C19H15F3N4O4/c1-26(10-14(27)28)13-8-7-12(9-23-13)24-17(29)15-16(19(20,21)22)30-18(25-15)11-5-3-2-4-6-11/h2-9H,10H2,1H3,(H,24,29)(H,27,28). The summed E-state index contributed by atoms with van der Waals surface area (Å²) in [5.41, 5.74) is -0.521. The number of alkyl halides is 3. The van der Waals surface area contributed by atoms with Gasteiger partial charge in [0.2, 0.25) is 11.7 Å². The number of anilines is 2. The van der Waals surface area contributed by atoms with Crippen LogP contribution in [-0.4, -0.2) is 40.5 Å². The zero-order valence-corrected chi connectivity index (χ0v) is 15.5. The topological polar surface area (TPSA) is 109 Å². The molecule has 0 saturated heterocycles. The van der Waals surface area contributed by atoms with E-state index in [1.807, 2.05) is 0 Å². The van der Waals surface area contributed by atoms with Crippen LogP contribution in [0, 0.1) is 0 Å². The number of amides is 1. The molecule has 0 fully saturated rings. The molecule has 11 heteroatoms. The molecule has 0 aliphatic carbocycles. The van der Waals surface area contributed by atoms with E-state index < -0.39 is 29.5 Å². The van der Waals surface area contributed by atoms with Crippen molar-refractivity contribution in [3.63, 3.8) is 0 Å². The lowest BCUT2D eigenvalue weighted by atomic mass is 10.2. The molecule has 3 aromatic rings. The number of likely N-dealkylation sites (N-methyl/N-ethyl adjacent to an activating group) is 1. The summed E-state index contributed by atoms with van der Waals surface area (Å²) in [6.45, 7) is -0.297. The molecule has 1 amide bonds. The third kappa shape index (κ3) is 4.74. The van der Waals surface area contributed by atoms with Crippen molar-refractivity contribution in [3.05, 3.63) is 60.1 Å². The summed E-state index contributed by atoms with van der Waals surface area (Å²) in [7, 11) is 1.50. The van der Waals surface area contributed by atoms with Crippen LogP contribution in [0.3, 0.4) is 0 Å². The molecule has 0 atom stereocenters. The van der Waals surface area contributed by atoms with Gasteiger partial charge in [0, 0.05) is 12.6 Å². The smallest absolute Gasteiger partial charge is 0.452 e. The molecule has 1 aromatic carbocycles. The number of carboxylic acid groups (broad SMARTS) is 1. The van der Waals surface area contributed by atoms with E-state index in [1.165, 1.54) is 42.4 Å². The Balaban J connectivity index is 1.84. The fourth-order valence-electron chi connectivity index (χ4n) is 2.53. The third-order valence-electron chi connectivity index (χ3n) is 3.89. The first-order valence-electron chi connectivity index (χ1n) is 8.49. The molecular formula is C19H15F3N4O4. The van der Waals surface area contributed by atoms with Crippen molar-refractivity contribution in [3.8, 4) is 11.5 Å². The predicted octanol–water partition coefficient (Wildman–Crippen LogP) is 3.53. The van der Waals surface area contributed by atoms with Crippen LogP contribution in [0.1, 0.15) is 16.2 Å². The first-order valence-corrected chi connectivity index (χ1v) is 8.49. The minimum Gasteiger partial charge on any atom is -0.480 e. The highest BCUT2D eigenvalue weighted by Crippen LogP contribution is 2.35. The Hall–Kier alpha value is -3.89. The van der Waals surface area contributed by atoms with Crippen LogP contribution < -0.4 is 10.2 Å². The van der Waals surface area contributed by atoms with Gasteiger partial charge >= 0.3 is 12.1 Å². The van der Waals surface area contributed by atoms with Gasteiger partial charge < -0.3 is 19.7 Å². The number of oxazole rings is 1. The summed E-state index contributed by atoms with van der Waals surface area (Å²) in [4.78, 5) is 32.2. The summed E-state index contributed by atoms with van der Waals surface area (Å²) in [5, 5.41) is 11.1. The molecule has 2 heterocycles. The van der Waals surface area contributed by atoms with Gasteiger partial charge in [-0.2, -0.15) is 13.2 Å². The number of hydrogen-bond donors (Lipinski definition) is 2. The Morgan fingerprint density at radius 2 is 1.87 bits per heavy atom. The minimum atomic E-state index is -4.92. The Kier molecular flexibility index (Phi) is 5.72. The van der Waals surface area contributed by atoms with E-state index in [1.54, 1.807) is 18.2 Å². The number of carbonyl (C=O) groups is 2. The maximum atomic E-state index is 13.3. The highest BCUT2D eigenvalue weighted by molar-refractivity contribution is 6.04. The molecule has 0 spiro atoms. The molecule has 0 saturated carbocycles. The monoisotopic (exact) mass is 420 g/mol. The maximum absolute atomic E-state index is 13.3. The van der Waals surface area contributed by atoms with Crippen LogP contribution in [0.4, 0.5) is 24.7 Å². The lowest BCUT2D eigenvalue weighted by molar-refractivity contribution is -0.153. The first kappa shape index (κ1) is 20.8. The summed E-state index contributed by atoms with van der Waals surface area (Å²) in [5.74, 6) is -3.72. The van der Waals surface area contributed by atoms with Crippen LogP contribution in [0.5, 0.6) is 0 Å². The molecular weight excluding hydrogens is 405 g/mol. The molecule has 0 aliphatic heterocycles. The normalized spacial score (nSPS) is 11.2. The van der Waals surface area contributed by atoms with Gasteiger partial charge in [-0.1, -0.05) is 18.2 Å². The van der Waals surface area contributed by atoms with Gasteiger partial charge in [0.25, 0.3) is 5.91 Å². The number of carboxylic acids is 1. The Morgan fingerprint density at radius 3 is 2.43 bits per heavy atom. The van der Waals surface area contributed by atoms with Crippen molar-refractivity contribution in [2.45, 2.75) is 6.18 Å². The second kappa shape index (κ2) is 8.23. The van der Waals surface area contributed by atoms with E-state index in [4.69, 9.17) is 9.52 Å². The summed E-state index contributed by atoms with van der Waals surface area (Å²) in [6, 6.07) is 10.7.